The summed E-state index contributed by atoms with van der Waals surface area (Å²) in [6.45, 7) is 8.36. The number of piperazine rings is 1. The molecule has 0 radical (unpaired) electrons. The van der Waals surface area contributed by atoms with Crippen LogP contribution in [0.3, 0.4) is 0 Å². The molecule has 1 heterocycles. The number of hydrogen-bond donors (Lipinski definition) is 2. The van der Waals surface area contributed by atoms with Crippen LogP contribution in [0.5, 0.6) is 0 Å². The highest BCUT2D eigenvalue weighted by atomic mass is 16.4. The van der Waals surface area contributed by atoms with Gasteiger partial charge in [0.15, 0.2) is 0 Å². The lowest BCUT2D eigenvalue weighted by atomic mass is 9.96. The monoisotopic (exact) mass is 269 g/mol. The highest BCUT2D eigenvalue weighted by Gasteiger charge is 2.47. The number of hydrogen-bond acceptors (Lipinski definition) is 4. The standard InChI is InChI=1S/C14H27N3O2/c1-11(2)15-14(13(18)19)5-4-12(10-14)17-8-6-16(3)7-9-17/h11-12,15H,4-10H2,1-3H3,(H,18,19). The summed E-state index contributed by atoms with van der Waals surface area (Å²) in [5, 5.41) is 12.9. The van der Waals surface area contributed by atoms with E-state index in [1.807, 2.05) is 13.8 Å². The number of likely N-dealkylation sites (N-methyl/N-ethyl adjacent to an activating group) is 1. The molecule has 0 amide bonds. The maximum atomic E-state index is 11.7. The fraction of sp³-hybridized carbons (Fsp3) is 0.929. The van der Waals surface area contributed by atoms with E-state index in [0.29, 0.717) is 6.04 Å². The quantitative estimate of drug-likeness (QED) is 0.783. The van der Waals surface area contributed by atoms with Crippen molar-refractivity contribution in [3.63, 3.8) is 0 Å². The summed E-state index contributed by atoms with van der Waals surface area (Å²) in [6.07, 6.45) is 2.48. The SMILES string of the molecule is CC(C)NC1(C(=O)O)CCC(N2CCN(C)CC2)C1. The first kappa shape index (κ1) is 14.8. The molecule has 2 rings (SSSR count). The van der Waals surface area contributed by atoms with Crippen LogP contribution in [-0.4, -0.2) is 71.7 Å². The second-order valence-corrected chi connectivity index (χ2v) is 6.42. The Hall–Kier alpha value is -0.650. The van der Waals surface area contributed by atoms with Gasteiger partial charge in [-0.3, -0.25) is 15.0 Å². The van der Waals surface area contributed by atoms with Gasteiger partial charge in [-0.05, 0) is 40.2 Å². The van der Waals surface area contributed by atoms with Crippen molar-refractivity contribution in [2.24, 2.45) is 0 Å². The number of rotatable bonds is 4. The lowest BCUT2D eigenvalue weighted by molar-refractivity contribution is -0.145. The summed E-state index contributed by atoms with van der Waals surface area (Å²) < 4.78 is 0. The van der Waals surface area contributed by atoms with E-state index in [1.54, 1.807) is 0 Å². The van der Waals surface area contributed by atoms with E-state index in [1.165, 1.54) is 0 Å². The van der Waals surface area contributed by atoms with Crippen molar-refractivity contribution < 1.29 is 9.90 Å². The maximum Gasteiger partial charge on any atom is 0.323 e. The number of nitrogens with zero attached hydrogens (tertiary/aromatic N) is 2. The van der Waals surface area contributed by atoms with Crippen molar-refractivity contribution in [2.75, 3.05) is 33.2 Å². The third-order valence-corrected chi connectivity index (χ3v) is 4.52. The zero-order valence-electron chi connectivity index (χ0n) is 12.4. The molecule has 0 spiro atoms. The first-order valence-electron chi connectivity index (χ1n) is 7.37. The van der Waals surface area contributed by atoms with Gasteiger partial charge in [0.2, 0.25) is 0 Å². The molecular weight excluding hydrogens is 242 g/mol. The predicted octanol–water partition coefficient (Wildman–Crippen LogP) is 0.608. The van der Waals surface area contributed by atoms with Crippen molar-refractivity contribution in [1.82, 2.24) is 15.1 Å². The Labute approximate surface area is 115 Å². The van der Waals surface area contributed by atoms with Crippen LogP contribution < -0.4 is 5.32 Å². The minimum atomic E-state index is -0.706. The molecule has 0 aromatic carbocycles. The molecule has 1 aliphatic carbocycles. The van der Waals surface area contributed by atoms with E-state index in [4.69, 9.17) is 0 Å². The van der Waals surface area contributed by atoms with Gasteiger partial charge in [0.1, 0.15) is 5.54 Å². The number of aliphatic carboxylic acids is 1. The number of carbonyl (C=O) groups is 1. The molecule has 1 aliphatic heterocycles. The number of carboxylic acids is 1. The normalized spacial score (nSPS) is 34.0. The Kier molecular flexibility index (Phi) is 4.48. The molecule has 2 N–H and O–H groups in total. The van der Waals surface area contributed by atoms with Gasteiger partial charge in [-0.2, -0.15) is 0 Å². The molecule has 0 aromatic rings. The second kappa shape index (κ2) is 5.77. The fourth-order valence-corrected chi connectivity index (χ4v) is 3.46. The van der Waals surface area contributed by atoms with Gasteiger partial charge in [0.25, 0.3) is 0 Å². The summed E-state index contributed by atoms with van der Waals surface area (Å²) in [7, 11) is 2.15. The number of nitrogens with one attached hydrogen (secondary N) is 1. The Morgan fingerprint density at radius 3 is 2.47 bits per heavy atom. The summed E-state index contributed by atoms with van der Waals surface area (Å²) >= 11 is 0. The molecular formula is C14H27N3O2. The van der Waals surface area contributed by atoms with Crippen LogP contribution in [0.25, 0.3) is 0 Å². The van der Waals surface area contributed by atoms with Gasteiger partial charge in [0.05, 0.1) is 0 Å². The molecule has 5 nitrogen and oxygen atoms in total. The molecule has 1 saturated carbocycles. The van der Waals surface area contributed by atoms with E-state index >= 15 is 0 Å². The van der Waals surface area contributed by atoms with Crippen LogP contribution in [0.1, 0.15) is 33.1 Å². The van der Waals surface area contributed by atoms with E-state index in [0.717, 1.165) is 45.4 Å². The zero-order valence-corrected chi connectivity index (χ0v) is 12.4. The van der Waals surface area contributed by atoms with Gasteiger partial charge >= 0.3 is 5.97 Å². The maximum absolute atomic E-state index is 11.7. The Morgan fingerprint density at radius 2 is 1.95 bits per heavy atom. The third kappa shape index (κ3) is 3.27. The lowest BCUT2D eigenvalue weighted by Crippen LogP contribution is -2.55. The first-order chi connectivity index (χ1) is 8.93. The van der Waals surface area contributed by atoms with Gasteiger partial charge < -0.3 is 10.0 Å². The topological polar surface area (TPSA) is 55.8 Å². The van der Waals surface area contributed by atoms with Crippen molar-refractivity contribution in [3.8, 4) is 0 Å². The average molecular weight is 269 g/mol. The second-order valence-electron chi connectivity index (χ2n) is 6.42. The molecule has 2 aliphatic rings. The fourth-order valence-electron chi connectivity index (χ4n) is 3.46. The molecule has 110 valence electrons. The van der Waals surface area contributed by atoms with Crippen LogP contribution in [0.2, 0.25) is 0 Å². The number of carboxylic acid groups (broad SMARTS) is 1. The van der Waals surface area contributed by atoms with Gasteiger partial charge in [-0.15, -0.1) is 0 Å². The van der Waals surface area contributed by atoms with E-state index in [-0.39, 0.29) is 6.04 Å². The average Bonchev–Trinajstić information content (AvgIpc) is 2.74. The summed E-state index contributed by atoms with van der Waals surface area (Å²) in [5.41, 5.74) is -0.706. The van der Waals surface area contributed by atoms with Crippen LogP contribution in [-0.2, 0) is 4.79 Å². The molecule has 0 aromatic heterocycles. The minimum absolute atomic E-state index is 0.210. The Morgan fingerprint density at radius 1 is 1.32 bits per heavy atom. The van der Waals surface area contributed by atoms with Crippen molar-refractivity contribution >= 4 is 5.97 Å². The highest BCUT2D eigenvalue weighted by Crippen LogP contribution is 2.34. The van der Waals surface area contributed by atoms with Crippen LogP contribution in [0.15, 0.2) is 0 Å². The van der Waals surface area contributed by atoms with Crippen molar-refractivity contribution in [3.05, 3.63) is 0 Å². The molecule has 2 unspecified atom stereocenters. The molecule has 5 heteroatoms. The van der Waals surface area contributed by atoms with Gasteiger partial charge in [-0.25, -0.2) is 0 Å². The van der Waals surface area contributed by atoms with E-state index in [9.17, 15) is 9.90 Å². The molecule has 2 fully saturated rings. The summed E-state index contributed by atoms with van der Waals surface area (Å²) in [5.74, 6) is -0.683. The van der Waals surface area contributed by atoms with E-state index < -0.39 is 11.5 Å². The van der Waals surface area contributed by atoms with Gasteiger partial charge in [0, 0.05) is 38.3 Å². The summed E-state index contributed by atoms with van der Waals surface area (Å²) in [4.78, 5) is 16.5. The molecule has 19 heavy (non-hydrogen) atoms. The molecule has 1 saturated heterocycles. The van der Waals surface area contributed by atoms with E-state index in [2.05, 4.69) is 22.2 Å². The largest absolute Gasteiger partial charge is 0.480 e. The minimum Gasteiger partial charge on any atom is -0.480 e. The lowest BCUT2D eigenvalue weighted by Gasteiger charge is -2.37. The molecule has 2 atom stereocenters. The van der Waals surface area contributed by atoms with Crippen LogP contribution in [0.4, 0.5) is 0 Å². The third-order valence-electron chi connectivity index (χ3n) is 4.52. The van der Waals surface area contributed by atoms with Gasteiger partial charge in [-0.1, -0.05) is 0 Å². The van der Waals surface area contributed by atoms with Crippen molar-refractivity contribution in [1.29, 1.82) is 0 Å². The van der Waals surface area contributed by atoms with Crippen LogP contribution in [0, 0.1) is 0 Å². The molecule has 0 bridgehead atoms. The van der Waals surface area contributed by atoms with Crippen molar-refractivity contribution in [2.45, 2.75) is 50.7 Å². The smallest absolute Gasteiger partial charge is 0.323 e. The highest BCUT2D eigenvalue weighted by molar-refractivity contribution is 5.79. The Bertz CT molecular complexity index is 327. The van der Waals surface area contributed by atoms with Crippen LogP contribution >= 0.6 is 0 Å². The predicted molar refractivity (Wildman–Crippen MR) is 75.3 cm³/mol. The summed E-state index contributed by atoms with van der Waals surface area (Å²) in [6, 6.07) is 0.637. The zero-order chi connectivity index (χ0) is 14.0. The Balaban J connectivity index is 1.98. The first-order valence-corrected chi connectivity index (χ1v) is 7.37.